The molecule has 1 amide bonds. The molecule has 0 aliphatic carbocycles. The first-order chi connectivity index (χ1) is 16.2. The van der Waals surface area contributed by atoms with Crippen LogP contribution in [0.15, 0.2) is 72.0 Å². The maximum Gasteiger partial charge on any atom is 0.253 e. The molecule has 2 heterocycles. The van der Waals surface area contributed by atoms with Crippen molar-refractivity contribution in [3.8, 4) is 5.69 Å². The Morgan fingerprint density at radius 2 is 1.79 bits per heavy atom. The third-order valence-corrected chi connectivity index (χ3v) is 6.51. The molecule has 3 N–H and O–H groups in total. The standard InChI is InChI=1S/C23H22FN5O4S/c1-15(30)10-28-34(32,33)19-8-2-16(3-9-19)11-26-23(31)21-12-25-14-22-20(21)13-27-29(22)18-6-4-17(24)5-7-18/h2-9,12-15,28,30H,10-11H2,1H3,(H,26,31)/t15-/m1/s1. The molecular formula is C23H22FN5O4S. The van der Waals surface area contributed by atoms with E-state index in [0.717, 1.165) is 0 Å². The molecule has 0 spiro atoms. The number of fused-ring (bicyclic) bond motifs is 1. The van der Waals surface area contributed by atoms with Gasteiger partial charge in [-0.2, -0.15) is 5.10 Å². The lowest BCUT2D eigenvalue weighted by atomic mass is 10.1. The van der Waals surface area contributed by atoms with Crippen molar-refractivity contribution in [2.24, 2.45) is 0 Å². The van der Waals surface area contributed by atoms with Gasteiger partial charge in [0, 0.05) is 24.7 Å². The zero-order valence-corrected chi connectivity index (χ0v) is 19.0. The number of pyridine rings is 1. The van der Waals surface area contributed by atoms with Crippen LogP contribution in [0.2, 0.25) is 0 Å². The van der Waals surface area contributed by atoms with E-state index in [0.29, 0.717) is 27.7 Å². The van der Waals surface area contributed by atoms with E-state index in [-0.39, 0.29) is 29.7 Å². The molecule has 11 heteroatoms. The number of aliphatic hydroxyl groups is 1. The molecular weight excluding hydrogens is 461 g/mol. The summed E-state index contributed by atoms with van der Waals surface area (Å²) in [5.41, 5.74) is 2.25. The Labute approximate surface area is 195 Å². The number of nitrogens with zero attached hydrogens (tertiary/aromatic N) is 3. The van der Waals surface area contributed by atoms with Gasteiger partial charge in [0.1, 0.15) is 5.82 Å². The highest BCUT2D eigenvalue weighted by atomic mass is 32.2. The minimum Gasteiger partial charge on any atom is -0.392 e. The summed E-state index contributed by atoms with van der Waals surface area (Å²) in [5, 5.41) is 17.0. The van der Waals surface area contributed by atoms with E-state index in [2.05, 4.69) is 20.1 Å². The minimum absolute atomic E-state index is 0.0606. The van der Waals surface area contributed by atoms with Crippen LogP contribution in [0.3, 0.4) is 0 Å². The first-order valence-corrected chi connectivity index (χ1v) is 11.9. The number of nitrogens with one attached hydrogen (secondary N) is 2. The first kappa shape index (κ1) is 23.5. The Balaban J connectivity index is 1.47. The maximum atomic E-state index is 13.2. The zero-order chi connectivity index (χ0) is 24.3. The predicted molar refractivity (Wildman–Crippen MR) is 123 cm³/mol. The van der Waals surface area contributed by atoms with Crippen LogP contribution in [0.4, 0.5) is 4.39 Å². The third kappa shape index (κ3) is 5.11. The van der Waals surface area contributed by atoms with Crippen molar-refractivity contribution < 1.29 is 22.7 Å². The van der Waals surface area contributed by atoms with Crippen LogP contribution in [0, 0.1) is 5.82 Å². The first-order valence-electron chi connectivity index (χ1n) is 10.4. The fraction of sp³-hybridized carbons (Fsp3) is 0.174. The summed E-state index contributed by atoms with van der Waals surface area (Å²) in [6, 6.07) is 11.9. The van der Waals surface area contributed by atoms with Gasteiger partial charge >= 0.3 is 0 Å². The smallest absolute Gasteiger partial charge is 0.253 e. The van der Waals surface area contributed by atoms with Crippen LogP contribution >= 0.6 is 0 Å². The van der Waals surface area contributed by atoms with Crippen molar-refractivity contribution in [1.82, 2.24) is 24.8 Å². The van der Waals surface area contributed by atoms with Crippen LogP contribution in [0.25, 0.3) is 16.6 Å². The van der Waals surface area contributed by atoms with Crippen molar-refractivity contribution in [2.75, 3.05) is 6.54 Å². The summed E-state index contributed by atoms with van der Waals surface area (Å²) in [4.78, 5) is 17.0. The lowest BCUT2D eigenvalue weighted by Gasteiger charge is -2.10. The van der Waals surface area contributed by atoms with Gasteiger partial charge in [-0.1, -0.05) is 12.1 Å². The van der Waals surface area contributed by atoms with E-state index >= 15 is 0 Å². The molecule has 34 heavy (non-hydrogen) atoms. The number of aromatic nitrogens is 3. The third-order valence-electron chi connectivity index (χ3n) is 5.07. The zero-order valence-electron chi connectivity index (χ0n) is 18.1. The second-order valence-electron chi connectivity index (χ2n) is 7.68. The number of benzene rings is 2. The number of rotatable bonds is 8. The molecule has 9 nitrogen and oxygen atoms in total. The molecule has 0 saturated heterocycles. The summed E-state index contributed by atoms with van der Waals surface area (Å²) >= 11 is 0. The molecule has 4 rings (SSSR count). The second-order valence-corrected chi connectivity index (χ2v) is 9.45. The van der Waals surface area contributed by atoms with Gasteiger partial charge in [0.05, 0.1) is 40.2 Å². The highest BCUT2D eigenvalue weighted by Crippen LogP contribution is 2.21. The molecule has 0 unspecified atom stereocenters. The van der Waals surface area contributed by atoms with Gasteiger partial charge in [0.25, 0.3) is 5.91 Å². The van der Waals surface area contributed by atoms with Gasteiger partial charge in [0.2, 0.25) is 10.0 Å². The summed E-state index contributed by atoms with van der Waals surface area (Å²) in [5.74, 6) is -0.730. The summed E-state index contributed by atoms with van der Waals surface area (Å²) in [6.45, 7) is 1.57. The molecule has 0 aliphatic rings. The van der Waals surface area contributed by atoms with Gasteiger partial charge in [-0.3, -0.25) is 9.78 Å². The normalized spacial score (nSPS) is 12.6. The molecule has 0 bridgehead atoms. The number of carbonyl (C=O) groups is 1. The summed E-state index contributed by atoms with van der Waals surface area (Å²) in [7, 11) is -3.73. The second kappa shape index (κ2) is 9.67. The minimum atomic E-state index is -3.73. The number of halogens is 1. The lowest BCUT2D eigenvalue weighted by molar-refractivity contribution is 0.0952. The van der Waals surface area contributed by atoms with E-state index in [1.54, 1.807) is 41.3 Å². The van der Waals surface area contributed by atoms with Crippen molar-refractivity contribution in [1.29, 1.82) is 0 Å². The van der Waals surface area contributed by atoms with Crippen molar-refractivity contribution in [3.05, 3.63) is 84.1 Å². The Kier molecular flexibility index (Phi) is 6.68. The molecule has 2 aromatic heterocycles. The van der Waals surface area contributed by atoms with Gasteiger partial charge < -0.3 is 10.4 Å². The topological polar surface area (TPSA) is 126 Å². The monoisotopic (exact) mass is 483 g/mol. The fourth-order valence-electron chi connectivity index (χ4n) is 3.29. The van der Waals surface area contributed by atoms with Crippen LogP contribution in [-0.4, -0.2) is 46.8 Å². The van der Waals surface area contributed by atoms with Crippen molar-refractivity contribution >= 4 is 26.8 Å². The van der Waals surface area contributed by atoms with Crippen molar-refractivity contribution in [3.63, 3.8) is 0 Å². The summed E-state index contributed by atoms with van der Waals surface area (Å²) in [6.07, 6.45) is 3.77. The molecule has 0 saturated carbocycles. The fourth-order valence-corrected chi connectivity index (χ4v) is 4.41. The van der Waals surface area contributed by atoms with E-state index in [1.165, 1.54) is 37.4 Å². The van der Waals surface area contributed by atoms with Crippen LogP contribution in [0.5, 0.6) is 0 Å². The molecule has 0 fully saturated rings. The molecule has 0 radical (unpaired) electrons. The van der Waals surface area contributed by atoms with Crippen LogP contribution < -0.4 is 10.0 Å². The number of hydrogen-bond donors (Lipinski definition) is 3. The van der Waals surface area contributed by atoms with E-state index < -0.39 is 16.1 Å². The number of hydrogen-bond acceptors (Lipinski definition) is 6. The molecule has 0 aliphatic heterocycles. The van der Waals surface area contributed by atoms with Crippen LogP contribution in [-0.2, 0) is 16.6 Å². The molecule has 4 aromatic rings. The van der Waals surface area contributed by atoms with Gasteiger partial charge in [0.15, 0.2) is 0 Å². The maximum absolute atomic E-state index is 13.2. The van der Waals surface area contributed by atoms with E-state index in [9.17, 15) is 22.7 Å². The quantitative estimate of drug-likeness (QED) is 0.353. The Morgan fingerprint density at radius 1 is 1.09 bits per heavy atom. The highest BCUT2D eigenvalue weighted by Gasteiger charge is 2.16. The number of aliphatic hydroxyl groups excluding tert-OH is 1. The van der Waals surface area contributed by atoms with Gasteiger partial charge in [-0.25, -0.2) is 22.2 Å². The summed E-state index contributed by atoms with van der Waals surface area (Å²) < 4.78 is 41.6. The van der Waals surface area contributed by atoms with E-state index in [4.69, 9.17) is 0 Å². The van der Waals surface area contributed by atoms with Crippen LogP contribution in [0.1, 0.15) is 22.8 Å². The highest BCUT2D eigenvalue weighted by molar-refractivity contribution is 7.89. The van der Waals surface area contributed by atoms with E-state index in [1.807, 2.05) is 0 Å². The van der Waals surface area contributed by atoms with Crippen molar-refractivity contribution in [2.45, 2.75) is 24.5 Å². The molecule has 1 atom stereocenters. The largest absolute Gasteiger partial charge is 0.392 e. The Morgan fingerprint density at radius 3 is 2.47 bits per heavy atom. The van der Waals surface area contributed by atoms with Gasteiger partial charge in [-0.05, 0) is 48.9 Å². The SMILES string of the molecule is C[C@@H](O)CNS(=O)(=O)c1ccc(CNC(=O)c2cncc3c2cnn3-c2ccc(F)cc2)cc1. The number of amides is 1. The predicted octanol–water partition coefficient (Wildman–Crippen LogP) is 2.15. The molecule has 2 aromatic carbocycles. The average Bonchev–Trinajstić information content (AvgIpc) is 3.26. The molecule has 176 valence electrons. The lowest BCUT2D eigenvalue weighted by Crippen LogP contribution is -2.30. The Bertz CT molecular complexity index is 1420. The number of sulfonamides is 1. The number of carbonyl (C=O) groups excluding carboxylic acids is 1. The Hall–Kier alpha value is -3.67. The van der Waals surface area contributed by atoms with Gasteiger partial charge in [-0.15, -0.1) is 0 Å². The average molecular weight is 484 g/mol.